The maximum atomic E-state index is 12.8. The maximum Gasteiger partial charge on any atom is 0.232 e. The van der Waals surface area contributed by atoms with E-state index in [0.717, 1.165) is 5.56 Å². The molecule has 1 aliphatic heterocycles. The summed E-state index contributed by atoms with van der Waals surface area (Å²) in [6.07, 6.45) is 0.0778. The maximum absolute atomic E-state index is 12.8. The first kappa shape index (κ1) is 23.4. The molecule has 2 N–H and O–H groups in total. The number of hydrogen-bond acceptors (Lipinski definition) is 6. The molecule has 9 nitrogen and oxygen atoms in total. The van der Waals surface area contributed by atoms with Gasteiger partial charge in [0.2, 0.25) is 21.8 Å². The summed E-state index contributed by atoms with van der Waals surface area (Å²) in [5.41, 5.74) is 2.33. The molecule has 172 valence electrons. The molecule has 2 aromatic rings. The molecule has 1 saturated heterocycles. The van der Waals surface area contributed by atoms with Gasteiger partial charge in [0.05, 0.1) is 37.3 Å². The summed E-state index contributed by atoms with van der Waals surface area (Å²) in [6.45, 7) is 3.68. The number of hydrogen-bond donors (Lipinski definition) is 2. The van der Waals surface area contributed by atoms with Crippen LogP contribution in [-0.2, 0) is 19.6 Å². The number of carbonyl (C=O) groups is 2. The summed E-state index contributed by atoms with van der Waals surface area (Å²) in [4.78, 5) is 27.0. The molecule has 32 heavy (non-hydrogen) atoms. The number of aryl methyl sites for hydroxylation is 1. The summed E-state index contributed by atoms with van der Waals surface area (Å²) in [5.74, 6) is -0.246. The molecule has 1 aliphatic rings. The third-order valence-electron chi connectivity index (χ3n) is 5.24. The lowest BCUT2D eigenvalue weighted by atomic mass is 10.1. The molecule has 2 aromatic carbocycles. The van der Waals surface area contributed by atoms with Crippen molar-refractivity contribution in [2.24, 2.45) is 5.92 Å². The smallest absolute Gasteiger partial charge is 0.232 e. The first-order valence-electron chi connectivity index (χ1n) is 10.1. The highest BCUT2D eigenvalue weighted by Gasteiger charge is 2.36. The van der Waals surface area contributed by atoms with E-state index in [1.165, 1.54) is 33.3 Å². The van der Waals surface area contributed by atoms with Gasteiger partial charge < -0.3 is 19.7 Å². The van der Waals surface area contributed by atoms with Gasteiger partial charge in [0, 0.05) is 24.7 Å². The van der Waals surface area contributed by atoms with Gasteiger partial charge in [0.15, 0.2) is 0 Å². The molecule has 0 spiro atoms. The van der Waals surface area contributed by atoms with E-state index in [2.05, 4.69) is 10.0 Å². The minimum absolute atomic E-state index is 0.0768. The van der Waals surface area contributed by atoms with Gasteiger partial charge in [-0.15, -0.1) is 0 Å². The number of anilines is 3. The Balaban J connectivity index is 1.74. The number of rotatable bonds is 8. The number of carbonyl (C=O) groups excluding carboxylic acids is 2. The van der Waals surface area contributed by atoms with Crippen molar-refractivity contribution in [1.29, 1.82) is 0 Å². The van der Waals surface area contributed by atoms with Gasteiger partial charge in [-0.1, -0.05) is 6.07 Å². The van der Waals surface area contributed by atoms with Gasteiger partial charge in [-0.25, -0.2) is 8.42 Å². The molecule has 2 amide bonds. The van der Waals surface area contributed by atoms with E-state index in [9.17, 15) is 18.0 Å². The van der Waals surface area contributed by atoms with Crippen LogP contribution in [0.25, 0.3) is 0 Å². The summed E-state index contributed by atoms with van der Waals surface area (Å²) in [7, 11) is -0.524. The Morgan fingerprint density at radius 3 is 2.50 bits per heavy atom. The number of ether oxygens (including phenoxy) is 2. The SMILES string of the molecule is CCS(=O)(=O)Nc1ccc(NC(=O)C2CC(=O)N(c3cc(C)ccc3OC)C2)cc1OC. The van der Waals surface area contributed by atoms with Crippen LogP contribution in [0.15, 0.2) is 36.4 Å². The quantitative estimate of drug-likeness (QED) is 0.625. The number of nitrogens with zero attached hydrogens (tertiary/aromatic N) is 1. The van der Waals surface area contributed by atoms with Crippen LogP contribution in [0.4, 0.5) is 17.1 Å². The Morgan fingerprint density at radius 2 is 1.84 bits per heavy atom. The van der Waals surface area contributed by atoms with E-state index < -0.39 is 15.9 Å². The zero-order valence-corrected chi connectivity index (χ0v) is 19.3. The molecule has 1 fully saturated rings. The van der Waals surface area contributed by atoms with Gasteiger partial charge in [0.25, 0.3) is 0 Å². The lowest BCUT2D eigenvalue weighted by Crippen LogP contribution is -2.28. The summed E-state index contributed by atoms with van der Waals surface area (Å²) < 4.78 is 36.7. The van der Waals surface area contributed by atoms with Crippen LogP contribution in [0.1, 0.15) is 18.9 Å². The molecule has 0 aromatic heterocycles. The highest BCUT2D eigenvalue weighted by molar-refractivity contribution is 7.92. The van der Waals surface area contributed by atoms with Crippen LogP contribution in [0.3, 0.4) is 0 Å². The average molecular weight is 462 g/mol. The normalized spacial score (nSPS) is 16.1. The molecule has 0 aliphatic carbocycles. The topological polar surface area (TPSA) is 114 Å². The van der Waals surface area contributed by atoms with Crippen molar-refractivity contribution in [3.63, 3.8) is 0 Å². The van der Waals surface area contributed by atoms with E-state index in [0.29, 0.717) is 17.1 Å². The second-order valence-corrected chi connectivity index (χ2v) is 9.50. The lowest BCUT2D eigenvalue weighted by Gasteiger charge is -2.20. The second-order valence-electron chi connectivity index (χ2n) is 7.49. The lowest BCUT2D eigenvalue weighted by molar-refractivity contribution is -0.122. The molecule has 1 unspecified atom stereocenters. The molecule has 10 heteroatoms. The Morgan fingerprint density at radius 1 is 1.12 bits per heavy atom. The van der Waals surface area contributed by atoms with Crippen molar-refractivity contribution >= 4 is 38.9 Å². The van der Waals surface area contributed by atoms with E-state index in [4.69, 9.17) is 9.47 Å². The van der Waals surface area contributed by atoms with E-state index in [-0.39, 0.29) is 42.0 Å². The number of amides is 2. The number of benzene rings is 2. The summed E-state index contributed by atoms with van der Waals surface area (Å²) in [5, 5.41) is 2.79. The third-order valence-corrected chi connectivity index (χ3v) is 6.53. The van der Waals surface area contributed by atoms with Crippen molar-refractivity contribution < 1.29 is 27.5 Å². The predicted octanol–water partition coefficient (Wildman–Crippen LogP) is 2.77. The van der Waals surface area contributed by atoms with E-state index in [1.54, 1.807) is 17.0 Å². The first-order chi connectivity index (χ1) is 15.2. The summed E-state index contributed by atoms with van der Waals surface area (Å²) in [6, 6.07) is 10.2. The molecule has 0 radical (unpaired) electrons. The monoisotopic (exact) mass is 461 g/mol. The van der Waals surface area contributed by atoms with Crippen molar-refractivity contribution in [3.05, 3.63) is 42.0 Å². The van der Waals surface area contributed by atoms with Crippen LogP contribution in [-0.4, -0.2) is 46.7 Å². The van der Waals surface area contributed by atoms with E-state index >= 15 is 0 Å². The van der Waals surface area contributed by atoms with Gasteiger partial charge in [-0.05, 0) is 43.7 Å². The van der Waals surface area contributed by atoms with E-state index in [1.807, 2.05) is 19.1 Å². The Bertz CT molecular complexity index is 1130. The standard InChI is InChI=1S/C22H27N3O6S/c1-5-32(28,29)24-17-8-7-16(12-20(17)31-4)23-22(27)15-11-21(26)25(13-15)18-10-14(2)6-9-19(18)30-3/h6-10,12,15,24H,5,11,13H2,1-4H3,(H,23,27). The second kappa shape index (κ2) is 9.47. The highest BCUT2D eigenvalue weighted by Crippen LogP contribution is 2.35. The average Bonchev–Trinajstić information content (AvgIpc) is 3.16. The molecular weight excluding hydrogens is 434 g/mol. The largest absolute Gasteiger partial charge is 0.495 e. The van der Waals surface area contributed by atoms with Gasteiger partial charge in [0.1, 0.15) is 11.5 Å². The van der Waals surface area contributed by atoms with Gasteiger partial charge in [-0.2, -0.15) is 0 Å². The fourth-order valence-electron chi connectivity index (χ4n) is 3.46. The Kier molecular flexibility index (Phi) is 6.93. The predicted molar refractivity (Wildman–Crippen MR) is 123 cm³/mol. The van der Waals surface area contributed by atoms with Crippen molar-refractivity contribution in [3.8, 4) is 11.5 Å². The zero-order chi connectivity index (χ0) is 23.5. The molecule has 1 heterocycles. The highest BCUT2D eigenvalue weighted by atomic mass is 32.2. The van der Waals surface area contributed by atoms with Crippen molar-refractivity contribution in [1.82, 2.24) is 0 Å². The number of sulfonamides is 1. The van der Waals surface area contributed by atoms with Crippen LogP contribution in [0.5, 0.6) is 11.5 Å². The Labute approximate surface area is 187 Å². The number of methoxy groups -OCH3 is 2. The molecular formula is C22H27N3O6S. The van der Waals surface area contributed by atoms with Crippen molar-refractivity contribution in [2.45, 2.75) is 20.3 Å². The fourth-order valence-corrected chi connectivity index (χ4v) is 4.11. The molecule has 0 bridgehead atoms. The van der Waals surface area contributed by atoms with Crippen LogP contribution in [0.2, 0.25) is 0 Å². The van der Waals surface area contributed by atoms with Crippen molar-refractivity contribution in [2.75, 3.05) is 41.5 Å². The molecule has 1 atom stereocenters. The first-order valence-corrected chi connectivity index (χ1v) is 11.8. The fraction of sp³-hybridized carbons (Fsp3) is 0.364. The van der Waals surface area contributed by atoms with Crippen LogP contribution >= 0.6 is 0 Å². The summed E-state index contributed by atoms with van der Waals surface area (Å²) >= 11 is 0. The minimum Gasteiger partial charge on any atom is -0.495 e. The number of nitrogens with one attached hydrogen (secondary N) is 2. The zero-order valence-electron chi connectivity index (χ0n) is 18.5. The van der Waals surface area contributed by atoms with Gasteiger partial charge in [-0.3, -0.25) is 14.3 Å². The Hall–Kier alpha value is -3.27. The van der Waals surface area contributed by atoms with Gasteiger partial charge >= 0.3 is 0 Å². The molecule has 3 rings (SSSR count). The van der Waals surface area contributed by atoms with Crippen LogP contribution in [0, 0.1) is 12.8 Å². The molecule has 0 saturated carbocycles. The minimum atomic E-state index is -3.47. The van der Waals surface area contributed by atoms with Crippen LogP contribution < -0.4 is 24.4 Å². The third kappa shape index (κ3) is 5.13.